The van der Waals surface area contributed by atoms with Gasteiger partial charge in [-0.2, -0.15) is 5.10 Å². The van der Waals surface area contributed by atoms with E-state index in [0.29, 0.717) is 17.4 Å². The molecule has 0 bridgehead atoms. The van der Waals surface area contributed by atoms with Gasteiger partial charge < -0.3 is 11.1 Å². The summed E-state index contributed by atoms with van der Waals surface area (Å²) in [6.07, 6.45) is 2.11. The van der Waals surface area contributed by atoms with Crippen molar-refractivity contribution >= 4 is 40.1 Å². The van der Waals surface area contributed by atoms with E-state index in [1.165, 1.54) is 11.3 Å². The molecule has 0 atom stereocenters. The molecule has 3 rings (SSSR count). The number of hydrogen-bond acceptors (Lipinski definition) is 6. The normalized spacial score (nSPS) is 13.6. The fourth-order valence-corrected chi connectivity index (χ4v) is 2.38. The van der Waals surface area contributed by atoms with Crippen molar-refractivity contribution in [3.63, 3.8) is 0 Å². The SMILES string of the molecule is Nc1csc(NN=Cc2ccc3c(c2)CC(=O)N3)n1. The number of anilines is 3. The van der Waals surface area contributed by atoms with E-state index in [1.54, 1.807) is 11.6 Å². The highest BCUT2D eigenvalue weighted by molar-refractivity contribution is 7.14. The second-order valence-corrected chi connectivity index (χ2v) is 4.95. The Bertz CT molecular complexity index is 664. The standard InChI is InChI=1S/C12H11N5OS/c13-10-6-19-12(16-10)17-14-5-7-1-2-9-8(3-7)4-11(18)15-9/h1-3,5-6H,4,13H2,(H,15,18)(H,16,17). The average Bonchev–Trinajstić information content (AvgIpc) is 2.94. The van der Waals surface area contributed by atoms with Crippen LogP contribution >= 0.6 is 11.3 Å². The number of thiazole rings is 1. The molecular weight excluding hydrogens is 262 g/mol. The summed E-state index contributed by atoms with van der Waals surface area (Å²) in [5.41, 5.74) is 11.1. The van der Waals surface area contributed by atoms with Crippen LogP contribution in [0.4, 0.5) is 16.6 Å². The number of nitrogens with two attached hydrogens (primary N) is 1. The number of amides is 1. The van der Waals surface area contributed by atoms with Gasteiger partial charge in [0.1, 0.15) is 5.82 Å². The molecule has 0 spiro atoms. The Morgan fingerprint density at radius 1 is 1.53 bits per heavy atom. The molecule has 96 valence electrons. The molecule has 2 heterocycles. The van der Waals surface area contributed by atoms with Crippen LogP contribution in [0, 0.1) is 0 Å². The molecule has 0 unspecified atom stereocenters. The van der Waals surface area contributed by atoms with E-state index in [2.05, 4.69) is 20.8 Å². The van der Waals surface area contributed by atoms with Crippen LogP contribution in [0.25, 0.3) is 0 Å². The number of fused-ring (bicyclic) bond motifs is 1. The molecule has 7 heteroatoms. The lowest BCUT2D eigenvalue weighted by Gasteiger charge is -1.99. The Kier molecular flexibility index (Phi) is 2.88. The van der Waals surface area contributed by atoms with Crippen molar-refractivity contribution in [2.75, 3.05) is 16.5 Å². The Morgan fingerprint density at radius 3 is 3.21 bits per heavy atom. The molecule has 1 aliphatic heterocycles. The zero-order valence-corrected chi connectivity index (χ0v) is 10.7. The van der Waals surface area contributed by atoms with E-state index < -0.39 is 0 Å². The van der Waals surface area contributed by atoms with Crippen LogP contribution in [0.1, 0.15) is 11.1 Å². The number of benzene rings is 1. The predicted molar refractivity (Wildman–Crippen MR) is 76.5 cm³/mol. The second kappa shape index (κ2) is 4.69. The predicted octanol–water partition coefficient (Wildman–Crippen LogP) is 1.67. The summed E-state index contributed by atoms with van der Waals surface area (Å²) < 4.78 is 0. The average molecular weight is 273 g/mol. The van der Waals surface area contributed by atoms with E-state index in [4.69, 9.17) is 5.73 Å². The van der Waals surface area contributed by atoms with Gasteiger partial charge in [-0.1, -0.05) is 6.07 Å². The first-order valence-corrected chi connectivity index (χ1v) is 6.51. The van der Waals surface area contributed by atoms with Crippen LogP contribution in [0.15, 0.2) is 28.7 Å². The number of carbonyl (C=O) groups is 1. The maximum Gasteiger partial charge on any atom is 0.228 e. The summed E-state index contributed by atoms with van der Waals surface area (Å²) in [6.45, 7) is 0. The maximum absolute atomic E-state index is 11.2. The summed E-state index contributed by atoms with van der Waals surface area (Å²) in [4.78, 5) is 15.3. The first-order valence-electron chi connectivity index (χ1n) is 5.63. The molecule has 4 N–H and O–H groups in total. The molecule has 2 aromatic rings. The maximum atomic E-state index is 11.2. The zero-order chi connectivity index (χ0) is 13.2. The molecule has 6 nitrogen and oxygen atoms in total. The molecule has 1 aliphatic rings. The van der Waals surface area contributed by atoms with E-state index in [1.807, 2.05) is 18.2 Å². The lowest BCUT2D eigenvalue weighted by atomic mass is 10.1. The highest BCUT2D eigenvalue weighted by Gasteiger charge is 2.16. The Labute approximate surface area is 113 Å². The number of hydrogen-bond donors (Lipinski definition) is 3. The van der Waals surface area contributed by atoms with Crippen molar-refractivity contribution in [1.82, 2.24) is 4.98 Å². The third kappa shape index (κ3) is 2.55. The largest absolute Gasteiger partial charge is 0.383 e. The van der Waals surface area contributed by atoms with Gasteiger partial charge >= 0.3 is 0 Å². The van der Waals surface area contributed by atoms with E-state index >= 15 is 0 Å². The fraction of sp³-hybridized carbons (Fsp3) is 0.0833. The number of nitrogens with zero attached hydrogens (tertiary/aromatic N) is 2. The number of hydrazone groups is 1. The van der Waals surface area contributed by atoms with Crippen LogP contribution < -0.4 is 16.5 Å². The summed E-state index contributed by atoms with van der Waals surface area (Å²) in [5, 5.41) is 9.26. The molecule has 0 aliphatic carbocycles. The number of carbonyl (C=O) groups excluding carboxylic acids is 1. The monoisotopic (exact) mass is 273 g/mol. The summed E-state index contributed by atoms with van der Waals surface area (Å²) in [6, 6.07) is 5.71. The minimum Gasteiger partial charge on any atom is -0.383 e. The Morgan fingerprint density at radius 2 is 2.42 bits per heavy atom. The summed E-state index contributed by atoms with van der Waals surface area (Å²) in [5.74, 6) is 0.505. The van der Waals surface area contributed by atoms with Gasteiger partial charge in [-0.25, -0.2) is 4.98 Å². The van der Waals surface area contributed by atoms with Crippen molar-refractivity contribution in [2.24, 2.45) is 5.10 Å². The highest BCUT2D eigenvalue weighted by atomic mass is 32.1. The van der Waals surface area contributed by atoms with Gasteiger partial charge in [0.25, 0.3) is 0 Å². The van der Waals surface area contributed by atoms with Gasteiger partial charge in [-0.15, -0.1) is 11.3 Å². The van der Waals surface area contributed by atoms with E-state index in [9.17, 15) is 4.79 Å². The van der Waals surface area contributed by atoms with Gasteiger partial charge in [-0.3, -0.25) is 10.2 Å². The molecule has 0 radical (unpaired) electrons. The van der Waals surface area contributed by atoms with Crippen LogP contribution in [0.2, 0.25) is 0 Å². The van der Waals surface area contributed by atoms with Crippen LogP contribution in [-0.2, 0) is 11.2 Å². The second-order valence-electron chi connectivity index (χ2n) is 4.09. The third-order valence-electron chi connectivity index (χ3n) is 2.65. The minimum absolute atomic E-state index is 0.0282. The number of nitrogens with one attached hydrogen (secondary N) is 2. The van der Waals surface area contributed by atoms with Crippen LogP contribution in [0.3, 0.4) is 0 Å². The first kappa shape index (κ1) is 11.7. The number of aromatic nitrogens is 1. The van der Waals surface area contributed by atoms with E-state index in [-0.39, 0.29) is 5.91 Å². The summed E-state index contributed by atoms with van der Waals surface area (Å²) in [7, 11) is 0. The van der Waals surface area contributed by atoms with Crippen molar-refractivity contribution < 1.29 is 4.79 Å². The van der Waals surface area contributed by atoms with Crippen molar-refractivity contribution in [3.8, 4) is 0 Å². The molecule has 19 heavy (non-hydrogen) atoms. The number of rotatable bonds is 3. The minimum atomic E-state index is 0.0282. The van der Waals surface area contributed by atoms with E-state index in [0.717, 1.165) is 16.8 Å². The summed E-state index contributed by atoms with van der Waals surface area (Å²) >= 11 is 1.39. The molecule has 1 amide bonds. The number of nitrogen functional groups attached to an aromatic ring is 1. The van der Waals surface area contributed by atoms with Crippen molar-refractivity contribution in [2.45, 2.75) is 6.42 Å². The van der Waals surface area contributed by atoms with Gasteiger partial charge in [-0.05, 0) is 23.3 Å². The van der Waals surface area contributed by atoms with Gasteiger partial charge in [0.05, 0.1) is 12.6 Å². The van der Waals surface area contributed by atoms with Gasteiger partial charge in [0.2, 0.25) is 11.0 Å². The first-order chi connectivity index (χ1) is 9.20. The molecule has 0 fully saturated rings. The van der Waals surface area contributed by atoms with Crippen LogP contribution in [-0.4, -0.2) is 17.1 Å². The third-order valence-corrected chi connectivity index (χ3v) is 3.42. The fourth-order valence-electron chi connectivity index (χ4n) is 1.83. The van der Waals surface area contributed by atoms with Crippen LogP contribution in [0.5, 0.6) is 0 Å². The Hall–Kier alpha value is -2.41. The lowest BCUT2D eigenvalue weighted by Crippen LogP contribution is -2.03. The van der Waals surface area contributed by atoms with Gasteiger partial charge in [0.15, 0.2) is 0 Å². The topological polar surface area (TPSA) is 92.4 Å². The van der Waals surface area contributed by atoms with Gasteiger partial charge in [0, 0.05) is 11.1 Å². The van der Waals surface area contributed by atoms with Crippen molar-refractivity contribution in [1.29, 1.82) is 0 Å². The van der Waals surface area contributed by atoms with Crippen molar-refractivity contribution in [3.05, 3.63) is 34.7 Å². The molecule has 1 aromatic carbocycles. The molecule has 0 saturated heterocycles. The zero-order valence-electron chi connectivity index (χ0n) is 9.88. The quantitative estimate of drug-likeness (QED) is 0.586. The smallest absolute Gasteiger partial charge is 0.228 e. The highest BCUT2D eigenvalue weighted by Crippen LogP contribution is 2.23. The molecule has 0 saturated carbocycles. The molecule has 1 aromatic heterocycles. The Balaban J connectivity index is 1.70. The molecular formula is C12H11N5OS. The lowest BCUT2D eigenvalue weighted by molar-refractivity contribution is -0.115.